The lowest BCUT2D eigenvalue weighted by atomic mass is 9.99. The first kappa shape index (κ1) is 19.8. The molecule has 9 heteroatoms. The quantitative estimate of drug-likeness (QED) is 0.608. The molecule has 1 aliphatic heterocycles. The highest BCUT2D eigenvalue weighted by molar-refractivity contribution is 7.92. The number of fused-ring (bicyclic) bond motifs is 1. The van der Waals surface area contributed by atoms with Gasteiger partial charge in [0.25, 0.3) is 15.7 Å². The smallest absolute Gasteiger partial charge is 0.270 e. The van der Waals surface area contributed by atoms with Gasteiger partial charge in [-0.25, -0.2) is 8.42 Å². The van der Waals surface area contributed by atoms with Gasteiger partial charge in [0.2, 0.25) is 5.91 Å². The van der Waals surface area contributed by atoms with E-state index in [-0.39, 0.29) is 22.4 Å². The third-order valence-electron chi connectivity index (χ3n) is 4.55. The number of benzene rings is 2. The molecule has 0 saturated carbocycles. The Kier molecular flexibility index (Phi) is 5.37. The standard InChI is InChI=1S/C19H21N3O5S/c1-13(2)19(23)21-10-4-5-14-11-15(8-9-18(14)21)20-28(26,27)17-7-3-6-16(12-17)22(24)25/h3,6-9,11-13,20H,4-5,10H2,1-2H3. The number of hydrogen-bond donors (Lipinski definition) is 1. The first-order chi connectivity index (χ1) is 13.2. The Morgan fingerprint density at radius 3 is 2.64 bits per heavy atom. The molecule has 3 rings (SSSR count). The first-order valence-electron chi connectivity index (χ1n) is 8.90. The number of amides is 1. The topological polar surface area (TPSA) is 110 Å². The van der Waals surface area contributed by atoms with E-state index in [0.29, 0.717) is 12.2 Å². The molecule has 0 atom stereocenters. The number of nitrogens with one attached hydrogen (secondary N) is 1. The van der Waals surface area contributed by atoms with Gasteiger partial charge in [0, 0.05) is 36.0 Å². The fraction of sp³-hybridized carbons (Fsp3) is 0.316. The van der Waals surface area contributed by atoms with Crippen molar-refractivity contribution in [3.05, 3.63) is 58.1 Å². The van der Waals surface area contributed by atoms with Gasteiger partial charge in [0.05, 0.1) is 9.82 Å². The summed E-state index contributed by atoms with van der Waals surface area (Å²) in [4.78, 5) is 24.2. The Hall–Kier alpha value is -2.94. The van der Waals surface area contributed by atoms with Crippen LogP contribution >= 0.6 is 0 Å². The fourth-order valence-corrected chi connectivity index (χ4v) is 4.27. The van der Waals surface area contributed by atoms with E-state index in [9.17, 15) is 23.3 Å². The second-order valence-electron chi connectivity index (χ2n) is 6.95. The number of non-ortho nitro benzene ring substituents is 1. The predicted molar refractivity (Wildman–Crippen MR) is 106 cm³/mol. The Morgan fingerprint density at radius 2 is 1.96 bits per heavy atom. The zero-order chi connectivity index (χ0) is 20.5. The van der Waals surface area contributed by atoms with Gasteiger partial charge in [0.1, 0.15) is 0 Å². The molecule has 0 bridgehead atoms. The molecule has 0 aromatic heterocycles. The van der Waals surface area contributed by atoms with Gasteiger partial charge in [-0.15, -0.1) is 0 Å². The maximum Gasteiger partial charge on any atom is 0.270 e. The minimum absolute atomic E-state index is 0.0332. The van der Waals surface area contributed by atoms with E-state index >= 15 is 0 Å². The predicted octanol–water partition coefficient (Wildman–Crippen LogP) is 3.33. The van der Waals surface area contributed by atoms with Crippen LogP contribution in [-0.2, 0) is 21.2 Å². The zero-order valence-electron chi connectivity index (χ0n) is 15.6. The molecule has 0 fully saturated rings. The van der Waals surface area contributed by atoms with Crippen molar-refractivity contribution < 1.29 is 18.1 Å². The largest absolute Gasteiger partial charge is 0.312 e. The Bertz CT molecular complexity index is 1030. The molecular formula is C19H21N3O5S. The molecule has 0 unspecified atom stereocenters. The van der Waals surface area contributed by atoms with E-state index in [2.05, 4.69) is 4.72 Å². The molecule has 28 heavy (non-hydrogen) atoms. The van der Waals surface area contributed by atoms with Gasteiger partial charge in [-0.2, -0.15) is 0 Å². The molecule has 0 aliphatic carbocycles. The summed E-state index contributed by atoms with van der Waals surface area (Å²) >= 11 is 0. The maximum absolute atomic E-state index is 12.6. The SMILES string of the molecule is CC(C)C(=O)N1CCCc2cc(NS(=O)(=O)c3cccc([N+](=O)[O-])c3)ccc21. The summed E-state index contributed by atoms with van der Waals surface area (Å²) in [5, 5.41) is 10.9. The van der Waals surface area contributed by atoms with E-state index in [1.165, 1.54) is 18.2 Å². The lowest BCUT2D eigenvalue weighted by Gasteiger charge is -2.31. The average molecular weight is 403 g/mol. The van der Waals surface area contributed by atoms with E-state index < -0.39 is 14.9 Å². The third-order valence-corrected chi connectivity index (χ3v) is 5.93. The number of nitro benzene ring substituents is 1. The second-order valence-corrected chi connectivity index (χ2v) is 8.63. The molecule has 2 aromatic rings. The molecule has 1 aliphatic rings. The van der Waals surface area contributed by atoms with Crippen molar-refractivity contribution in [1.29, 1.82) is 0 Å². The molecule has 1 amide bonds. The van der Waals surface area contributed by atoms with Crippen LogP contribution in [0.15, 0.2) is 47.4 Å². The van der Waals surface area contributed by atoms with Gasteiger partial charge in [-0.1, -0.05) is 19.9 Å². The third kappa shape index (κ3) is 3.99. The minimum atomic E-state index is -3.97. The van der Waals surface area contributed by atoms with Crippen molar-refractivity contribution in [3.63, 3.8) is 0 Å². The van der Waals surface area contributed by atoms with Crippen molar-refractivity contribution in [2.75, 3.05) is 16.2 Å². The molecule has 0 radical (unpaired) electrons. The molecule has 8 nitrogen and oxygen atoms in total. The van der Waals surface area contributed by atoms with Crippen LogP contribution in [0.5, 0.6) is 0 Å². The number of hydrogen-bond acceptors (Lipinski definition) is 5. The van der Waals surface area contributed by atoms with Crippen LogP contribution in [0.25, 0.3) is 0 Å². The molecule has 1 N–H and O–H groups in total. The fourth-order valence-electron chi connectivity index (χ4n) is 3.18. The van der Waals surface area contributed by atoms with E-state index in [4.69, 9.17) is 0 Å². The molecule has 0 saturated heterocycles. The number of anilines is 2. The highest BCUT2D eigenvalue weighted by atomic mass is 32.2. The summed E-state index contributed by atoms with van der Waals surface area (Å²) in [7, 11) is -3.97. The van der Waals surface area contributed by atoms with Gasteiger partial charge < -0.3 is 4.90 Å². The summed E-state index contributed by atoms with van der Waals surface area (Å²) in [6, 6.07) is 9.93. The van der Waals surface area contributed by atoms with E-state index in [0.717, 1.165) is 30.2 Å². The van der Waals surface area contributed by atoms with Crippen molar-refractivity contribution in [2.45, 2.75) is 31.6 Å². The number of nitro groups is 1. The normalized spacial score (nSPS) is 13.9. The molecule has 0 spiro atoms. The maximum atomic E-state index is 12.6. The van der Waals surface area contributed by atoms with Crippen molar-refractivity contribution in [2.24, 2.45) is 5.92 Å². The molecule has 148 valence electrons. The number of carbonyl (C=O) groups excluding carboxylic acids is 1. The summed E-state index contributed by atoms with van der Waals surface area (Å²) in [5.41, 5.74) is 1.74. The van der Waals surface area contributed by atoms with Gasteiger partial charge >= 0.3 is 0 Å². The number of sulfonamides is 1. The van der Waals surface area contributed by atoms with Crippen molar-refractivity contribution in [1.82, 2.24) is 0 Å². The van der Waals surface area contributed by atoms with Crippen LogP contribution in [0.2, 0.25) is 0 Å². The van der Waals surface area contributed by atoms with Crippen LogP contribution in [0.1, 0.15) is 25.8 Å². The highest BCUT2D eigenvalue weighted by Gasteiger charge is 2.25. The lowest BCUT2D eigenvalue weighted by molar-refractivity contribution is -0.385. The van der Waals surface area contributed by atoms with Gasteiger partial charge in [-0.05, 0) is 42.7 Å². The summed E-state index contributed by atoms with van der Waals surface area (Å²) in [5.74, 6) is -0.0936. The number of nitrogens with zero attached hydrogens (tertiary/aromatic N) is 2. The van der Waals surface area contributed by atoms with Crippen LogP contribution in [0.3, 0.4) is 0 Å². The lowest BCUT2D eigenvalue weighted by Crippen LogP contribution is -2.38. The summed E-state index contributed by atoms with van der Waals surface area (Å²) in [6.45, 7) is 4.33. The van der Waals surface area contributed by atoms with E-state index in [1.807, 2.05) is 13.8 Å². The molecule has 2 aromatic carbocycles. The van der Waals surface area contributed by atoms with Gasteiger partial charge in [0.15, 0.2) is 0 Å². The van der Waals surface area contributed by atoms with E-state index in [1.54, 1.807) is 23.1 Å². The zero-order valence-corrected chi connectivity index (χ0v) is 16.4. The van der Waals surface area contributed by atoms with Crippen molar-refractivity contribution in [3.8, 4) is 0 Å². The Labute approximate surface area is 163 Å². The highest BCUT2D eigenvalue weighted by Crippen LogP contribution is 2.31. The first-order valence-corrected chi connectivity index (χ1v) is 10.4. The second kappa shape index (κ2) is 7.59. The Balaban J connectivity index is 1.89. The number of rotatable bonds is 5. The monoisotopic (exact) mass is 403 g/mol. The van der Waals surface area contributed by atoms with Crippen LogP contribution in [0, 0.1) is 16.0 Å². The van der Waals surface area contributed by atoms with Gasteiger partial charge in [-0.3, -0.25) is 19.6 Å². The van der Waals surface area contributed by atoms with Crippen LogP contribution < -0.4 is 9.62 Å². The minimum Gasteiger partial charge on any atom is -0.312 e. The molecule has 1 heterocycles. The van der Waals surface area contributed by atoms with Crippen LogP contribution in [0.4, 0.5) is 17.1 Å². The summed E-state index contributed by atoms with van der Waals surface area (Å²) in [6.07, 6.45) is 1.54. The van der Waals surface area contributed by atoms with Crippen LogP contribution in [-0.4, -0.2) is 25.8 Å². The Morgan fingerprint density at radius 1 is 1.21 bits per heavy atom. The average Bonchev–Trinajstić information content (AvgIpc) is 2.66. The number of carbonyl (C=O) groups is 1. The molecular weight excluding hydrogens is 382 g/mol. The van der Waals surface area contributed by atoms with Crippen molar-refractivity contribution >= 4 is 33.0 Å². The summed E-state index contributed by atoms with van der Waals surface area (Å²) < 4.78 is 27.7. The number of aryl methyl sites for hydroxylation is 1.